The van der Waals surface area contributed by atoms with Crippen molar-refractivity contribution in [2.24, 2.45) is 11.5 Å². The highest BCUT2D eigenvalue weighted by molar-refractivity contribution is 6.43. The van der Waals surface area contributed by atoms with Gasteiger partial charge in [0.1, 0.15) is 5.71 Å². The number of benzene rings is 1. The lowest BCUT2D eigenvalue weighted by atomic mass is 10.1. The molecule has 0 bridgehead atoms. The second-order valence-corrected chi connectivity index (χ2v) is 4.15. The number of hydrogen-bond acceptors (Lipinski definition) is 4. The van der Waals surface area contributed by atoms with Crippen LogP contribution in [0.15, 0.2) is 41.6 Å². The zero-order valence-corrected chi connectivity index (χ0v) is 10.6. The van der Waals surface area contributed by atoms with Gasteiger partial charge in [0, 0.05) is 17.5 Å². The Hall–Kier alpha value is -2.43. The summed E-state index contributed by atoms with van der Waals surface area (Å²) < 4.78 is 0. The van der Waals surface area contributed by atoms with Crippen molar-refractivity contribution in [3.05, 3.63) is 47.2 Å². The van der Waals surface area contributed by atoms with Crippen molar-refractivity contribution in [1.82, 2.24) is 0 Å². The SMILES string of the molecule is N=C(C(N)=O)C1=C(N)CCC1.N=Cc1ccccc1. The highest BCUT2D eigenvalue weighted by atomic mass is 16.1. The van der Waals surface area contributed by atoms with Crippen LogP contribution >= 0.6 is 0 Å². The van der Waals surface area contributed by atoms with E-state index in [1.54, 1.807) is 0 Å². The van der Waals surface area contributed by atoms with Gasteiger partial charge >= 0.3 is 0 Å². The molecule has 0 atom stereocenters. The van der Waals surface area contributed by atoms with Crippen LogP contribution < -0.4 is 11.5 Å². The van der Waals surface area contributed by atoms with Crippen LogP contribution in [-0.2, 0) is 4.79 Å². The molecule has 1 aromatic carbocycles. The molecule has 0 aromatic heterocycles. The quantitative estimate of drug-likeness (QED) is 0.616. The number of carbonyl (C=O) groups is 1. The number of nitrogens with one attached hydrogen (secondary N) is 2. The smallest absolute Gasteiger partial charge is 0.266 e. The summed E-state index contributed by atoms with van der Waals surface area (Å²) in [6, 6.07) is 9.56. The maximum Gasteiger partial charge on any atom is 0.266 e. The second kappa shape index (κ2) is 7.10. The van der Waals surface area contributed by atoms with Gasteiger partial charge in [0.2, 0.25) is 0 Å². The van der Waals surface area contributed by atoms with E-state index in [1.165, 1.54) is 6.21 Å². The molecule has 5 nitrogen and oxygen atoms in total. The maximum absolute atomic E-state index is 10.5. The molecule has 0 saturated heterocycles. The van der Waals surface area contributed by atoms with Gasteiger partial charge in [-0.25, -0.2) is 0 Å². The molecular formula is C14H18N4O. The third kappa shape index (κ3) is 4.39. The van der Waals surface area contributed by atoms with Crippen LogP contribution in [0.25, 0.3) is 0 Å². The Labute approximate surface area is 112 Å². The standard InChI is InChI=1S/C7H11N3O.C7H7N/c8-5-3-1-2-4(5)6(9)7(10)11;8-6-7-4-2-1-3-5-7/h9H,1-3,8H2,(H2,10,11);1-6,8H. The summed E-state index contributed by atoms with van der Waals surface area (Å²) in [5, 5.41) is 14.1. The number of carbonyl (C=O) groups excluding carboxylic acids is 1. The first-order chi connectivity index (χ1) is 9.06. The van der Waals surface area contributed by atoms with Crippen molar-refractivity contribution in [2.45, 2.75) is 19.3 Å². The highest BCUT2D eigenvalue weighted by Gasteiger charge is 2.18. The first kappa shape index (κ1) is 14.6. The minimum absolute atomic E-state index is 0.125. The van der Waals surface area contributed by atoms with E-state index < -0.39 is 5.91 Å². The average molecular weight is 258 g/mol. The molecule has 1 aliphatic rings. The second-order valence-electron chi connectivity index (χ2n) is 4.15. The Balaban J connectivity index is 0.000000200. The zero-order valence-electron chi connectivity index (χ0n) is 10.6. The number of primary amides is 1. The van der Waals surface area contributed by atoms with Gasteiger partial charge < -0.3 is 16.9 Å². The Bertz CT molecular complexity index is 505. The normalized spacial score (nSPS) is 13.5. The Kier molecular flexibility index (Phi) is 5.47. The third-order valence-corrected chi connectivity index (χ3v) is 2.77. The molecule has 0 aliphatic heterocycles. The summed E-state index contributed by atoms with van der Waals surface area (Å²) >= 11 is 0. The van der Waals surface area contributed by atoms with E-state index in [-0.39, 0.29) is 5.71 Å². The number of hydrogen-bond donors (Lipinski definition) is 4. The molecule has 1 aliphatic carbocycles. The molecule has 6 N–H and O–H groups in total. The van der Waals surface area contributed by atoms with Crippen molar-refractivity contribution in [3.8, 4) is 0 Å². The predicted octanol–water partition coefficient (Wildman–Crippen LogP) is 1.57. The summed E-state index contributed by atoms with van der Waals surface area (Å²) in [5.74, 6) is -0.690. The van der Waals surface area contributed by atoms with E-state index in [9.17, 15) is 4.79 Å². The molecule has 0 fully saturated rings. The Morgan fingerprint density at radius 1 is 1.21 bits per heavy atom. The number of amides is 1. The molecule has 2 rings (SSSR count). The lowest BCUT2D eigenvalue weighted by Crippen LogP contribution is -2.24. The molecule has 5 heteroatoms. The van der Waals surface area contributed by atoms with Crippen molar-refractivity contribution >= 4 is 17.8 Å². The van der Waals surface area contributed by atoms with E-state index in [1.807, 2.05) is 30.3 Å². The summed E-state index contributed by atoms with van der Waals surface area (Å²) in [6.07, 6.45) is 3.76. The zero-order chi connectivity index (χ0) is 14.3. The van der Waals surface area contributed by atoms with Gasteiger partial charge in [-0.15, -0.1) is 0 Å². The van der Waals surface area contributed by atoms with Crippen LogP contribution in [-0.4, -0.2) is 17.8 Å². The highest BCUT2D eigenvalue weighted by Crippen LogP contribution is 2.22. The molecule has 19 heavy (non-hydrogen) atoms. The number of rotatable bonds is 3. The number of allylic oxidation sites excluding steroid dienone is 1. The molecule has 0 radical (unpaired) electrons. The fourth-order valence-electron chi connectivity index (χ4n) is 1.75. The summed E-state index contributed by atoms with van der Waals surface area (Å²) in [6.45, 7) is 0. The van der Waals surface area contributed by atoms with Crippen LogP contribution in [0.1, 0.15) is 24.8 Å². The van der Waals surface area contributed by atoms with Gasteiger partial charge in [0.05, 0.1) is 0 Å². The largest absolute Gasteiger partial charge is 0.402 e. The Morgan fingerprint density at radius 3 is 2.21 bits per heavy atom. The van der Waals surface area contributed by atoms with Crippen molar-refractivity contribution in [2.75, 3.05) is 0 Å². The van der Waals surface area contributed by atoms with E-state index in [2.05, 4.69) is 0 Å². The van der Waals surface area contributed by atoms with Crippen molar-refractivity contribution in [3.63, 3.8) is 0 Å². The van der Waals surface area contributed by atoms with Crippen LogP contribution in [0.2, 0.25) is 0 Å². The van der Waals surface area contributed by atoms with Crippen LogP contribution in [0.3, 0.4) is 0 Å². The third-order valence-electron chi connectivity index (χ3n) is 2.77. The van der Waals surface area contributed by atoms with Gasteiger partial charge in [-0.2, -0.15) is 0 Å². The van der Waals surface area contributed by atoms with Gasteiger partial charge in [-0.05, 0) is 24.8 Å². The maximum atomic E-state index is 10.5. The Morgan fingerprint density at radius 2 is 1.84 bits per heavy atom. The molecule has 100 valence electrons. The molecule has 0 saturated carbocycles. The summed E-state index contributed by atoms with van der Waals surface area (Å²) in [5.41, 5.74) is 12.6. The van der Waals surface area contributed by atoms with Crippen molar-refractivity contribution in [1.29, 1.82) is 10.8 Å². The lowest BCUT2D eigenvalue weighted by molar-refractivity contribution is -0.112. The first-order valence-electron chi connectivity index (χ1n) is 5.98. The van der Waals surface area contributed by atoms with Crippen LogP contribution in [0.5, 0.6) is 0 Å². The van der Waals surface area contributed by atoms with Gasteiger partial charge in [0.15, 0.2) is 0 Å². The van der Waals surface area contributed by atoms with Crippen LogP contribution in [0.4, 0.5) is 0 Å². The minimum atomic E-state index is -0.690. The van der Waals surface area contributed by atoms with E-state index >= 15 is 0 Å². The van der Waals surface area contributed by atoms with Gasteiger partial charge in [-0.1, -0.05) is 30.3 Å². The van der Waals surface area contributed by atoms with Gasteiger partial charge in [0.25, 0.3) is 5.91 Å². The van der Waals surface area contributed by atoms with E-state index in [4.69, 9.17) is 22.3 Å². The topological polar surface area (TPSA) is 117 Å². The molecular weight excluding hydrogens is 240 g/mol. The molecule has 0 heterocycles. The fraction of sp³-hybridized carbons (Fsp3) is 0.214. The van der Waals surface area contributed by atoms with Crippen LogP contribution in [0, 0.1) is 10.8 Å². The first-order valence-corrected chi connectivity index (χ1v) is 5.98. The number of nitrogens with two attached hydrogens (primary N) is 2. The summed E-state index contributed by atoms with van der Waals surface area (Å²) in [4.78, 5) is 10.5. The molecule has 0 spiro atoms. The van der Waals surface area contributed by atoms with Gasteiger partial charge in [-0.3, -0.25) is 10.2 Å². The van der Waals surface area contributed by atoms with Crippen molar-refractivity contribution < 1.29 is 4.79 Å². The minimum Gasteiger partial charge on any atom is -0.402 e. The lowest BCUT2D eigenvalue weighted by Gasteiger charge is -2.00. The molecule has 0 unspecified atom stereocenters. The van der Waals surface area contributed by atoms with E-state index in [0.29, 0.717) is 17.7 Å². The van der Waals surface area contributed by atoms with E-state index in [0.717, 1.165) is 18.4 Å². The summed E-state index contributed by atoms with van der Waals surface area (Å²) in [7, 11) is 0. The monoisotopic (exact) mass is 258 g/mol. The molecule has 1 aromatic rings. The average Bonchev–Trinajstić information content (AvgIpc) is 2.85. The molecule has 1 amide bonds. The fourth-order valence-corrected chi connectivity index (χ4v) is 1.75. The predicted molar refractivity (Wildman–Crippen MR) is 76.3 cm³/mol.